The molecule has 66 heteroatoms. The van der Waals surface area contributed by atoms with Crippen LogP contribution in [0.15, 0.2) is 0 Å². The summed E-state index contributed by atoms with van der Waals surface area (Å²) in [5.74, 6) is -5.21. The van der Waals surface area contributed by atoms with Crippen molar-refractivity contribution in [3.8, 4) is 0 Å². The van der Waals surface area contributed by atoms with Crippen LogP contribution in [-0.4, -0.2) is 645 Å². The van der Waals surface area contributed by atoms with E-state index in [-0.39, 0.29) is 0 Å². The van der Waals surface area contributed by atoms with Crippen molar-refractivity contribution in [2.24, 2.45) is 0 Å². The summed E-state index contributed by atoms with van der Waals surface area (Å²) in [6, 6.07) is -10.4. The molecule has 0 aromatic carbocycles. The first-order valence-corrected chi connectivity index (χ1v) is 47.2. The van der Waals surface area contributed by atoms with Gasteiger partial charge in [0.1, 0.15) is 293 Å². The Kier molecular flexibility index (Phi) is 43.9. The first-order chi connectivity index (χ1) is 70.1. The third-order valence-electron chi connectivity index (χ3n) is 27.1. The standard InChI is InChI=1S/C82H137N5O61/c1-18(98)83-35-47(110)62(28(11-93)128-71(35)125)140-73-37(85-20(3)100)49(112)65(31(14-96)134-73)144-81-61(124)69(67(145-72-36(84-19(2)99)46(109)40(103)23(6-88)129-72)34(139-81)17-127-77-60(123)68(146-80-58(121)54(117)44(107)27(10-92)133-80)45(108)33(138-77)16-126-76-55(118)51(114)41(104)24(7-89)130-76)147-82-70(148-75-39(87-22(5)102)50(113)64(30(13-95)136-75)143-79-57(120)53(116)43(106)26(9-91)132-79)59(122)66(32(15-97)137-82)141-74-38(86-21(4)101)48(111)63(29(12-94)135-74)142-78-56(119)52(115)42(105)25(8-90)131-78/h23-82,88-97,103-125H,6-17H2,1-5H3,(H,83,98)(H,84,99)(H,85,100)(H,86,101)(H,87,102)/t23-,24-,25-,26-,27-,28-,29-,30-,31-,32-,33-,34-,35-,36-,37-,38-,39-,40-,41-,42+,43+,44-,45-,46-,47-,48-,49-,50-,51+,52+,53+,54+,55+,56-,57-,58+,59+,60+,61+,62-,63-,64-,65-,66-,67-,68+,69-,70+,71+,72+,73+,74+,75+,76+,77+,78+,79+,80-,81+,82-/m1/s1. The molecule has 0 unspecified atom stereocenters. The Morgan fingerprint density at radius 3 is 0.743 bits per heavy atom. The summed E-state index contributed by atoms with van der Waals surface area (Å²) in [5.41, 5.74) is 0. The van der Waals surface area contributed by atoms with Crippen molar-refractivity contribution >= 4 is 29.5 Å². The third kappa shape index (κ3) is 26.9. The molecule has 12 aliphatic heterocycles. The van der Waals surface area contributed by atoms with E-state index in [4.69, 9.17) is 109 Å². The van der Waals surface area contributed by atoms with Crippen molar-refractivity contribution in [3.63, 3.8) is 0 Å². The van der Waals surface area contributed by atoms with Crippen LogP contribution in [0.1, 0.15) is 34.6 Å². The molecule has 0 aliphatic carbocycles. The molecular weight excluding hydrogens is 2030 g/mol. The van der Waals surface area contributed by atoms with Gasteiger partial charge < -0.3 is 304 Å². The van der Waals surface area contributed by atoms with E-state index in [2.05, 4.69) is 26.6 Å². The Balaban J connectivity index is 1.01. The molecule has 12 fully saturated rings. The van der Waals surface area contributed by atoms with E-state index in [1.165, 1.54) is 0 Å². The monoisotopic (exact) mass is 2170 g/mol. The van der Waals surface area contributed by atoms with Gasteiger partial charge in [-0.15, -0.1) is 0 Å². The van der Waals surface area contributed by atoms with E-state index in [1.807, 2.05) is 0 Å². The number of rotatable bonds is 39. The van der Waals surface area contributed by atoms with Gasteiger partial charge in [0.15, 0.2) is 75.5 Å². The Labute approximate surface area is 837 Å². The average molecular weight is 2170 g/mol. The molecule has 60 atom stereocenters. The summed E-state index contributed by atoms with van der Waals surface area (Å²) in [7, 11) is 0. The second-order valence-electron chi connectivity index (χ2n) is 37.4. The number of nitrogens with one attached hydrogen (secondary N) is 5. The minimum Gasteiger partial charge on any atom is -0.394 e. The summed E-state index contributed by atoms with van der Waals surface area (Å²) in [4.78, 5) is 66.4. The molecule has 5 amide bonds. The van der Waals surface area contributed by atoms with Gasteiger partial charge in [-0.25, -0.2) is 0 Å². The van der Waals surface area contributed by atoms with E-state index < -0.39 is 477 Å². The summed E-state index contributed by atoms with van der Waals surface area (Å²) >= 11 is 0. The minimum absolute atomic E-state index is 0.831. The number of carbonyl (C=O) groups excluding carboxylic acids is 5. The van der Waals surface area contributed by atoms with E-state index in [0.29, 0.717) is 0 Å². The van der Waals surface area contributed by atoms with Gasteiger partial charge >= 0.3 is 0 Å². The van der Waals surface area contributed by atoms with Gasteiger partial charge in [-0.1, -0.05) is 0 Å². The molecular formula is C82H137N5O61. The number of ether oxygens (including phenoxy) is 23. The highest BCUT2D eigenvalue weighted by molar-refractivity contribution is 5.75. The van der Waals surface area contributed by atoms with Crippen molar-refractivity contribution < 1.29 is 301 Å². The molecule has 12 aliphatic rings. The lowest BCUT2D eigenvalue weighted by atomic mass is 9.93. The Morgan fingerprint density at radius 2 is 0.392 bits per heavy atom. The molecule has 12 heterocycles. The summed E-state index contributed by atoms with van der Waals surface area (Å²) in [6.45, 7) is -10.4. The fourth-order valence-electron chi connectivity index (χ4n) is 19.2. The minimum atomic E-state index is -2.96. The SMILES string of the molecule is CC(=O)N[C@@H]1[C@@H](O)[C@H](O[C@@H]2O[C@H](CO)[C@@H](O[C@@H]3O[C@H](CO[C@H]4O[C@H](CO[C@H]5O[C@H](CO)[C@@H](O)[C@H](O)[C@@H]5O)[C@@H](O)[C@H](O[C@H]5O[C@H](CO)[C@@H](O)[C@H](O)[C@@H]5O)[C@@H]4O)[C@@H](O[C@@H]4O[C@H](CO)[C@@H](O)[C@H](O)[C@H]4NC(C)=O)[C@H](O[C@H]4O[C@H](CO)[C@@H](O[C@@H]5O[C@H](CO)[C@@H](O[C@@H]6O[C@H](CO)[C@H](O)[C@H](O)[C@H]6O)[C@H](O)[C@H]5NC(C)=O)[C@H](O)[C@@H]4O[C@@H]4O[C@H](CO)[C@@H](O[C@@H]5O[C@H](CO)[C@H](O)[C@H](O)[C@H]5O)[C@H](O)[C@H]4NC(C)=O)[C@@H]3O)[C@H](O)[C@H]2NC(C)=O)[C@@H](CO)O[C@@H]1O. The second-order valence-corrected chi connectivity index (χ2v) is 37.4. The highest BCUT2D eigenvalue weighted by atomic mass is 16.8. The maximum atomic E-state index is 13.8. The van der Waals surface area contributed by atoms with E-state index in [9.17, 15) is 192 Å². The van der Waals surface area contributed by atoms with Gasteiger partial charge in [-0.2, -0.15) is 0 Å². The molecule has 38 N–H and O–H groups in total. The van der Waals surface area contributed by atoms with E-state index >= 15 is 0 Å². The molecule has 856 valence electrons. The van der Waals surface area contributed by atoms with Crippen molar-refractivity contribution in [1.29, 1.82) is 0 Å². The number of carbonyl (C=O) groups is 5. The number of hydrogen-bond donors (Lipinski definition) is 38. The van der Waals surface area contributed by atoms with Crippen molar-refractivity contribution in [3.05, 3.63) is 0 Å². The zero-order valence-corrected chi connectivity index (χ0v) is 79.3. The fourth-order valence-corrected chi connectivity index (χ4v) is 19.2. The maximum absolute atomic E-state index is 13.8. The molecule has 0 spiro atoms. The van der Waals surface area contributed by atoms with Crippen LogP contribution in [0.25, 0.3) is 0 Å². The normalized spacial score (nSPS) is 49.3. The van der Waals surface area contributed by atoms with Crippen LogP contribution in [0, 0.1) is 0 Å². The van der Waals surface area contributed by atoms with Gasteiger partial charge in [0, 0.05) is 34.6 Å². The van der Waals surface area contributed by atoms with E-state index in [1.54, 1.807) is 0 Å². The van der Waals surface area contributed by atoms with Crippen LogP contribution in [-0.2, 0) is 133 Å². The average Bonchev–Trinajstić information content (AvgIpc) is 0.749. The molecule has 148 heavy (non-hydrogen) atoms. The van der Waals surface area contributed by atoms with Crippen LogP contribution < -0.4 is 26.6 Å². The highest BCUT2D eigenvalue weighted by Crippen LogP contribution is 2.44. The molecule has 0 radical (unpaired) electrons. The lowest BCUT2D eigenvalue weighted by molar-refractivity contribution is -0.414. The summed E-state index contributed by atoms with van der Waals surface area (Å²) < 4.78 is 140. The van der Waals surface area contributed by atoms with Crippen molar-refractivity contribution in [2.45, 2.75) is 403 Å². The van der Waals surface area contributed by atoms with Gasteiger partial charge in [-0.3, -0.25) is 24.0 Å². The van der Waals surface area contributed by atoms with Gasteiger partial charge in [0.2, 0.25) is 29.5 Å². The Bertz CT molecular complexity index is 4130. The molecule has 0 saturated carbocycles. The van der Waals surface area contributed by atoms with Gasteiger partial charge in [0.05, 0.1) is 79.3 Å². The predicted molar refractivity (Wildman–Crippen MR) is 453 cm³/mol. The number of aliphatic hydroxyl groups excluding tert-OH is 33. The van der Waals surface area contributed by atoms with Crippen molar-refractivity contribution in [1.82, 2.24) is 26.6 Å². The molecule has 12 saturated heterocycles. The van der Waals surface area contributed by atoms with Crippen LogP contribution in [0.4, 0.5) is 0 Å². The number of amides is 5. The number of aliphatic hydroxyl groups is 33. The number of hydrogen-bond acceptors (Lipinski definition) is 61. The zero-order chi connectivity index (χ0) is 109. The van der Waals surface area contributed by atoms with E-state index in [0.717, 1.165) is 34.6 Å². The lowest BCUT2D eigenvalue weighted by Crippen LogP contribution is -2.72. The first-order valence-electron chi connectivity index (χ1n) is 47.2. The quantitative estimate of drug-likeness (QED) is 0.0272. The maximum Gasteiger partial charge on any atom is 0.217 e. The van der Waals surface area contributed by atoms with Crippen LogP contribution in [0.3, 0.4) is 0 Å². The largest absolute Gasteiger partial charge is 0.394 e. The zero-order valence-electron chi connectivity index (χ0n) is 79.3. The van der Waals surface area contributed by atoms with Gasteiger partial charge in [0.25, 0.3) is 0 Å². The molecule has 0 aromatic rings. The van der Waals surface area contributed by atoms with Crippen LogP contribution in [0.2, 0.25) is 0 Å². The second kappa shape index (κ2) is 53.4. The summed E-state index contributed by atoms with van der Waals surface area (Å²) in [6.07, 6.45) is -125. The molecule has 66 nitrogen and oxygen atoms in total. The van der Waals surface area contributed by atoms with Gasteiger partial charge in [-0.05, 0) is 0 Å². The smallest absolute Gasteiger partial charge is 0.217 e. The molecule has 0 bridgehead atoms. The Morgan fingerprint density at radius 1 is 0.176 bits per heavy atom. The molecule has 0 aromatic heterocycles. The lowest BCUT2D eigenvalue weighted by Gasteiger charge is -2.53. The molecule has 12 rings (SSSR count). The highest BCUT2D eigenvalue weighted by Gasteiger charge is 2.65. The van der Waals surface area contributed by atoms with Crippen LogP contribution in [0.5, 0.6) is 0 Å². The third-order valence-corrected chi connectivity index (χ3v) is 27.1. The summed E-state index contributed by atoms with van der Waals surface area (Å²) in [5, 5.41) is 387. The van der Waals surface area contributed by atoms with Crippen molar-refractivity contribution in [2.75, 3.05) is 79.3 Å². The topological polar surface area (TPSA) is 1030 Å². The fraction of sp³-hybridized carbons (Fsp3) is 0.939. The Hall–Kier alpha value is -4.89. The van der Waals surface area contributed by atoms with Crippen LogP contribution >= 0.6 is 0 Å². The predicted octanol–water partition coefficient (Wildman–Crippen LogP) is -26.4. The first kappa shape index (κ1) is 122.